The van der Waals surface area contributed by atoms with Crippen molar-refractivity contribution >= 4 is 42.4 Å². The van der Waals surface area contributed by atoms with Gasteiger partial charge in [-0.1, -0.05) is 0 Å². The van der Waals surface area contributed by atoms with Crippen LogP contribution in [0.1, 0.15) is 0 Å². The van der Waals surface area contributed by atoms with Gasteiger partial charge in [0.1, 0.15) is 16.7 Å². The van der Waals surface area contributed by atoms with E-state index >= 15 is 0 Å². The number of rotatable bonds is 6. The summed E-state index contributed by atoms with van der Waals surface area (Å²) in [6.45, 7) is -0.750. The molecule has 200 valence electrons. The van der Waals surface area contributed by atoms with Crippen molar-refractivity contribution in [2.75, 3.05) is 7.11 Å². The third kappa shape index (κ3) is 7.09. The fourth-order valence-electron chi connectivity index (χ4n) is 2.91. The Bertz CT molecular complexity index is 1480. The second-order valence-electron chi connectivity index (χ2n) is 6.20. The second-order valence-corrected chi connectivity index (χ2v) is 6.20. The van der Waals surface area contributed by atoms with Crippen LogP contribution >= 0.6 is 0 Å². The molecule has 38 heavy (non-hydrogen) atoms. The molecule has 0 amide bonds. The molecule has 3 rings (SSSR count). The van der Waals surface area contributed by atoms with E-state index in [-0.39, 0.29) is 11.3 Å². The molecule has 1 aromatic heterocycles. The highest BCUT2D eigenvalue weighted by Crippen LogP contribution is 2.40. The van der Waals surface area contributed by atoms with Crippen LogP contribution in [-0.2, 0) is 4.79 Å². The molecule has 0 saturated carbocycles. The SMILES string of the molecule is COc1ccc(-c2oc3cc(OC(=O)F)cc(OC(=O)F)c3c(=O)c2OC(=O)F)cc1OC(=O)F.O=CF. The number of halogens is 5. The zero-order valence-electron chi connectivity index (χ0n) is 18.3. The predicted molar refractivity (Wildman–Crippen MR) is 111 cm³/mol. The van der Waals surface area contributed by atoms with Crippen LogP contribution in [0.2, 0.25) is 0 Å². The maximum absolute atomic E-state index is 13.1. The first-order valence-corrected chi connectivity index (χ1v) is 9.28. The summed E-state index contributed by atoms with van der Waals surface area (Å²) in [5, 5.41) is -0.821. The molecule has 0 bridgehead atoms. The van der Waals surface area contributed by atoms with E-state index in [2.05, 4.69) is 18.9 Å². The van der Waals surface area contributed by atoms with Gasteiger partial charge in [0.15, 0.2) is 23.0 Å². The Morgan fingerprint density at radius 3 is 1.87 bits per heavy atom. The molecule has 0 atom stereocenters. The number of carbonyl (C=O) groups excluding carboxylic acids is 5. The highest BCUT2D eigenvalue weighted by atomic mass is 19.2. The summed E-state index contributed by atoms with van der Waals surface area (Å²) in [4.78, 5) is 64.3. The minimum Gasteiger partial charge on any atom is -0.493 e. The average Bonchev–Trinajstić information content (AvgIpc) is 2.79. The molecular formula is C21H9F5O12. The topological polar surface area (TPSA) is 162 Å². The number of hydrogen-bond acceptors (Lipinski definition) is 12. The second kappa shape index (κ2) is 12.6. The maximum Gasteiger partial charge on any atom is 0.501 e. The van der Waals surface area contributed by atoms with Crippen LogP contribution < -0.4 is 29.1 Å². The van der Waals surface area contributed by atoms with Gasteiger partial charge in [-0.05, 0) is 18.2 Å². The van der Waals surface area contributed by atoms with Crippen molar-refractivity contribution in [3.63, 3.8) is 0 Å². The van der Waals surface area contributed by atoms with Gasteiger partial charge in [0.2, 0.25) is 11.2 Å². The maximum atomic E-state index is 13.1. The fourth-order valence-corrected chi connectivity index (χ4v) is 2.91. The smallest absolute Gasteiger partial charge is 0.493 e. The van der Waals surface area contributed by atoms with Crippen molar-refractivity contribution in [1.82, 2.24) is 0 Å². The molecule has 12 nitrogen and oxygen atoms in total. The van der Waals surface area contributed by atoms with Gasteiger partial charge in [0, 0.05) is 17.7 Å². The van der Waals surface area contributed by atoms with Crippen LogP contribution in [0.4, 0.5) is 41.1 Å². The third-order valence-electron chi connectivity index (χ3n) is 4.08. The molecule has 0 unspecified atom stereocenters. The van der Waals surface area contributed by atoms with E-state index in [1.54, 1.807) is 0 Å². The summed E-state index contributed by atoms with van der Waals surface area (Å²) in [5.74, 6) is -4.37. The first-order chi connectivity index (χ1) is 17.9. The van der Waals surface area contributed by atoms with Crippen LogP contribution in [-0.4, -0.2) is 38.5 Å². The van der Waals surface area contributed by atoms with Crippen molar-refractivity contribution in [1.29, 1.82) is 0 Å². The summed E-state index contributed by atoms with van der Waals surface area (Å²) in [6, 6.07) is 4.34. The van der Waals surface area contributed by atoms with Gasteiger partial charge in [-0.2, -0.15) is 4.39 Å². The molecule has 1 heterocycles. The van der Waals surface area contributed by atoms with E-state index in [9.17, 15) is 45.9 Å². The summed E-state index contributed by atoms with van der Waals surface area (Å²) in [5.41, 5.74) is -2.38. The molecule has 17 heteroatoms. The number of fused-ring (bicyclic) bond motifs is 1. The molecule has 3 aromatic rings. The Labute approximate surface area is 205 Å². The lowest BCUT2D eigenvalue weighted by molar-refractivity contribution is 0.171. The van der Waals surface area contributed by atoms with E-state index in [1.165, 1.54) is 0 Å². The standard InChI is InChI=1S/C20H8F4O11.CHFO/c1-30-9-3-2-7(4-10(9)33-18(22)27)15-16(35-20(24)29)14(25)13-11(32-15)5-8(31-17(21)26)6-12(13)34-19(23)28;2-1-3/h2-6H,1H3;1H. The minimum absolute atomic E-state index is 0.179. The Balaban J connectivity index is 0.00000161. The Morgan fingerprint density at radius 2 is 1.34 bits per heavy atom. The molecular weight excluding hydrogens is 539 g/mol. The van der Waals surface area contributed by atoms with Gasteiger partial charge in [-0.25, -0.2) is 19.2 Å². The minimum atomic E-state index is -2.51. The first-order valence-electron chi connectivity index (χ1n) is 9.28. The van der Waals surface area contributed by atoms with Crippen LogP contribution in [0.15, 0.2) is 39.5 Å². The summed E-state index contributed by atoms with van der Waals surface area (Å²) in [6.07, 6.45) is -9.57. The molecule has 0 spiro atoms. The van der Waals surface area contributed by atoms with Gasteiger partial charge in [-0.15, -0.1) is 17.6 Å². The van der Waals surface area contributed by atoms with Crippen LogP contribution in [0.3, 0.4) is 0 Å². The predicted octanol–water partition coefficient (Wildman–Crippen LogP) is 5.49. The fraction of sp³-hybridized carbons (Fsp3) is 0.0476. The molecule has 0 saturated heterocycles. The Kier molecular flexibility index (Phi) is 9.55. The lowest BCUT2D eigenvalue weighted by Gasteiger charge is -2.13. The third-order valence-corrected chi connectivity index (χ3v) is 4.08. The Morgan fingerprint density at radius 1 is 0.789 bits per heavy atom. The van der Waals surface area contributed by atoms with Gasteiger partial charge in [-0.3, -0.25) is 9.59 Å². The molecule has 0 fully saturated rings. The van der Waals surface area contributed by atoms with Crippen LogP contribution in [0.25, 0.3) is 22.3 Å². The van der Waals surface area contributed by atoms with Crippen LogP contribution in [0, 0.1) is 0 Å². The first kappa shape index (κ1) is 28.9. The van der Waals surface area contributed by atoms with Gasteiger partial charge in [0.05, 0.1) is 7.11 Å². The van der Waals surface area contributed by atoms with Crippen molar-refractivity contribution in [2.24, 2.45) is 0 Å². The molecule has 2 aromatic carbocycles. The van der Waals surface area contributed by atoms with Gasteiger partial charge < -0.3 is 28.1 Å². The van der Waals surface area contributed by atoms with Gasteiger partial charge >= 0.3 is 24.9 Å². The number of hydrogen-bond donors (Lipinski definition) is 0. The quantitative estimate of drug-likeness (QED) is 0.217. The summed E-state index contributed by atoms with van der Waals surface area (Å²) < 4.78 is 88.4. The van der Waals surface area contributed by atoms with E-state index in [4.69, 9.17) is 13.9 Å². The van der Waals surface area contributed by atoms with Crippen molar-refractivity contribution in [2.45, 2.75) is 0 Å². The molecule has 0 aliphatic carbocycles. The monoisotopic (exact) mass is 548 g/mol. The lowest BCUT2D eigenvalue weighted by Crippen LogP contribution is -2.14. The number of benzene rings is 2. The lowest BCUT2D eigenvalue weighted by atomic mass is 10.1. The van der Waals surface area contributed by atoms with Crippen molar-refractivity contribution in [3.8, 4) is 40.1 Å². The van der Waals surface area contributed by atoms with Crippen molar-refractivity contribution < 1.29 is 74.0 Å². The number of carbonyl (C=O) groups is 5. The molecule has 0 aliphatic rings. The van der Waals surface area contributed by atoms with E-state index in [0.29, 0.717) is 6.07 Å². The largest absolute Gasteiger partial charge is 0.501 e. The zero-order valence-corrected chi connectivity index (χ0v) is 18.3. The normalized spacial score (nSPS) is 9.95. The van der Waals surface area contributed by atoms with Crippen LogP contribution in [0.5, 0.6) is 28.7 Å². The van der Waals surface area contributed by atoms with Gasteiger partial charge in [0.25, 0.3) is 6.54 Å². The van der Waals surface area contributed by atoms with E-state index in [0.717, 1.165) is 31.4 Å². The summed E-state index contributed by atoms with van der Waals surface area (Å²) >= 11 is 0. The van der Waals surface area contributed by atoms with E-state index < -0.39 is 76.6 Å². The number of methoxy groups -OCH3 is 1. The molecule has 0 N–H and O–H groups in total. The highest BCUT2D eigenvalue weighted by Gasteiger charge is 2.26. The zero-order chi connectivity index (χ0) is 28.6. The summed E-state index contributed by atoms with van der Waals surface area (Å²) in [7, 11) is 1.14. The van der Waals surface area contributed by atoms with E-state index in [1.807, 2.05) is 0 Å². The molecule has 0 radical (unpaired) electrons. The Hall–Kier alpha value is -5.35. The molecule has 0 aliphatic heterocycles. The average molecular weight is 548 g/mol. The number of ether oxygens (including phenoxy) is 5. The van der Waals surface area contributed by atoms with Crippen molar-refractivity contribution in [3.05, 3.63) is 40.6 Å². The highest BCUT2D eigenvalue weighted by molar-refractivity contribution is 5.91.